The molecule has 5 nitrogen and oxygen atoms in total. The van der Waals surface area contributed by atoms with Crippen molar-refractivity contribution in [3.05, 3.63) is 102 Å². The van der Waals surface area contributed by atoms with Gasteiger partial charge in [-0.15, -0.1) is 0 Å². The zero-order valence-electron chi connectivity index (χ0n) is 23.2. The van der Waals surface area contributed by atoms with Gasteiger partial charge in [0.15, 0.2) is 0 Å². The van der Waals surface area contributed by atoms with Crippen molar-refractivity contribution in [1.82, 2.24) is 4.90 Å². The molecule has 1 atom stereocenters. The van der Waals surface area contributed by atoms with Crippen molar-refractivity contribution >= 4 is 39.4 Å². The number of nitrogens with zero attached hydrogens (tertiary/aromatic N) is 2. The van der Waals surface area contributed by atoms with Gasteiger partial charge in [-0.1, -0.05) is 60.7 Å². The van der Waals surface area contributed by atoms with Crippen LogP contribution in [0.15, 0.2) is 96.0 Å². The van der Waals surface area contributed by atoms with E-state index in [0.717, 1.165) is 42.9 Å². The Balaban J connectivity index is 0.986. The van der Waals surface area contributed by atoms with Crippen molar-refractivity contribution in [2.45, 2.75) is 32.2 Å². The van der Waals surface area contributed by atoms with Crippen molar-refractivity contribution in [1.29, 1.82) is 0 Å². The number of benzene rings is 5. The molecule has 5 aromatic rings. The molecule has 1 fully saturated rings. The minimum atomic E-state index is 0.0721. The fourth-order valence-electron chi connectivity index (χ4n) is 6.09. The Morgan fingerprint density at radius 1 is 0.829 bits per heavy atom. The van der Waals surface area contributed by atoms with Crippen molar-refractivity contribution in [3.8, 4) is 22.6 Å². The van der Waals surface area contributed by atoms with Gasteiger partial charge in [0.2, 0.25) is 0 Å². The van der Waals surface area contributed by atoms with Crippen molar-refractivity contribution in [3.63, 3.8) is 0 Å². The molecular weight excluding hydrogens is 508 g/mol. The van der Waals surface area contributed by atoms with Crippen LogP contribution in [0.25, 0.3) is 32.7 Å². The first kappa shape index (κ1) is 25.3. The molecule has 2 aliphatic rings. The maximum atomic E-state index is 13.0. The summed E-state index contributed by atoms with van der Waals surface area (Å²) in [6, 6.07) is 31.7. The summed E-state index contributed by atoms with van der Waals surface area (Å²) in [6.45, 7) is 3.85. The molecule has 5 heteroatoms. The second-order valence-corrected chi connectivity index (χ2v) is 10.9. The molecule has 0 aromatic heterocycles. The largest absolute Gasteiger partial charge is 0.493 e. The molecule has 41 heavy (non-hydrogen) atoms. The highest BCUT2D eigenvalue weighted by atomic mass is 16.5. The molecule has 0 N–H and O–H groups in total. The second-order valence-electron chi connectivity index (χ2n) is 10.9. The third-order valence-electron chi connectivity index (χ3n) is 8.22. The Kier molecular flexibility index (Phi) is 6.63. The minimum Gasteiger partial charge on any atom is -0.493 e. The highest BCUT2D eigenvalue weighted by molar-refractivity contribution is 6.13. The second kappa shape index (κ2) is 10.7. The molecule has 0 spiro atoms. The first-order chi connectivity index (χ1) is 20.2. The van der Waals surface area contributed by atoms with E-state index in [4.69, 9.17) is 9.47 Å². The van der Waals surface area contributed by atoms with Crippen LogP contribution in [-0.4, -0.2) is 42.8 Å². The molecule has 5 aromatic carbocycles. The van der Waals surface area contributed by atoms with Gasteiger partial charge in [-0.2, -0.15) is 0 Å². The molecule has 1 amide bonds. The number of hydrogen-bond donors (Lipinski definition) is 0. The quantitative estimate of drug-likeness (QED) is 0.155. The number of aliphatic imine (C=N–C) groups is 1. The molecule has 7 rings (SSSR count). The number of hydrogen-bond acceptors (Lipinski definition) is 4. The van der Waals surface area contributed by atoms with Gasteiger partial charge in [0.1, 0.15) is 11.5 Å². The van der Waals surface area contributed by atoms with E-state index in [1.807, 2.05) is 42.3 Å². The Labute approximate surface area is 240 Å². The van der Waals surface area contributed by atoms with Crippen LogP contribution in [0.2, 0.25) is 0 Å². The van der Waals surface area contributed by atoms with Crippen LogP contribution >= 0.6 is 0 Å². The van der Waals surface area contributed by atoms with E-state index in [9.17, 15) is 4.79 Å². The predicted molar refractivity (Wildman–Crippen MR) is 166 cm³/mol. The highest BCUT2D eigenvalue weighted by Crippen LogP contribution is 2.36. The van der Waals surface area contributed by atoms with E-state index < -0.39 is 0 Å². The van der Waals surface area contributed by atoms with Gasteiger partial charge in [-0.25, -0.2) is 0 Å². The van der Waals surface area contributed by atoms with Gasteiger partial charge in [-0.05, 0) is 82.3 Å². The number of fused-ring (bicyclic) bond motifs is 5. The molecule has 0 radical (unpaired) electrons. The first-order valence-corrected chi connectivity index (χ1v) is 14.4. The van der Waals surface area contributed by atoms with E-state index in [1.54, 1.807) is 0 Å². The number of rotatable bonds is 7. The number of carbonyl (C=O) groups is 1. The lowest BCUT2D eigenvalue weighted by Gasteiger charge is -2.20. The average Bonchev–Trinajstić information content (AvgIpc) is 3.44. The molecule has 204 valence electrons. The fraction of sp³-hybridized carbons (Fsp3) is 0.222. The summed E-state index contributed by atoms with van der Waals surface area (Å²) < 4.78 is 12.1. The number of aryl methyl sites for hydroxylation is 1. The van der Waals surface area contributed by atoms with Crippen LogP contribution in [0.1, 0.15) is 35.2 Å². The topological polar surface area (TPSA) is 51.1 Å². The Morgan fingerprint density at radius 3 is 2.44 bits per heavy atom. The van der Waals surface area contributed by atoms with Crippen LogP contribution in [0, 0.1) is 6.92 Å². The summed E-state index contributed by atoms with van der Waals surface area (Å²) >= 11 is 0. The summed E-state index contributed by atoms with van der Waals surface area (Å²) in [5, 5.41) is 5.03. The predicted octanol–water partition coefficient (Wildman–Crippen LogP) is 8.14. The lowest BCUT2D eigenvalue weighted by atomic mass is 9.93. The Hall–Kier alpha value is -4.64. The SMILES string of the molecule is Cc1cc2c(cc1OCCCOc1ccc(-c3cc4ccccc4c4ccccc34)cc1)N=C[C@@H]1CCCN1C2=O. The number of ether oxygens (including phenoxy) is 2. The third kappa shape index (κ3) is 4.82. The monoisotopic (exact) mass is 540 g/mol. The maximum absolute atomic E-state index is 13.0. The third-order valence-corrected chi connectivity index (χ3v) is 8.22. The number of amides is 1. The molecular formula is C36H32N2O3. The summed E-state index contributed by atoms with van der Waals surface area (Å²) in [7, 11) is 0. The summed E-state index contributed by atoms with van der Waals surface area (Å²) in [4.78, 5) is 19.6. The van der Waals surface area contributed by atoms with Gasteiger partial charge >= 0.3 is 0 Å². The lowest BCUT2D eigenvalue weighted by molar-refractivity contribution is 0.0774. The van der Waals surface area contributed by atoms with Crippen LogP contribution in [0.5, 0.6) is 11.5 Å². The van der Waals surface area contributed by atoms with Crippen molar-refractivity contribution in [2.24, 2.45) is 4.99 Å². The smallest absolute Gasteiger partial charge is 0.256 e. The lowest BCUT2D eigenvalue weighted by Crippen LogP contribution is -2.35. The normalized spacial score (nSPS) is 16.1. The van der Waals surface area contributed by atoms with Crippen molar-refractivity contribution < 1.29 is 14.3 Å². The minimum absolute atomic E-state index is 0.0721. The fourth-order valence-corrected chi connectivity index (χ4v) is 6.09. The summed E-state index contributed by atoms with van der Waals surface area (Å²) in [6.07, 6.45) is 4.67. The zero-order valence-corrected chi connectivity index (χ0v) is 23.2. The van der Waals surface area contributed by atoms with Crippen LogP contribution < -0.4 is 9.47 Å². The van der Waals surface area contributed by atoms with Gasteiger partial charge in [0, 0.05) is 25.2 Å². The molecule has 2 heterocycles. The molecule has 0 aliphatic carbocycles. The first-order valence-electron chi connectivity index (χ1n) is 14.4. The van der Waals surface area contributed by atoms with Crippen LogP contribution in [-0.2, 0) is 0 Å². The summed E-state index contributed by atoms with van der Waals surface area (Å²) in [5.41, 5.74) is 4.70. The molecule has 1 saturated heterocycles. The Bertz CT molecular complexity index is 1790. The van der Waals surface area contributed by atoms with Gasteiger partial charge in [-0.3, -0.25) is 9.79 Å². The molecule has 0 unspecified atom stereocenters. The summed E-state index contributed by atoms with van der Waals surface area (Å²) in [5.74, 6) is 1.68. The number of carbonyl (C=O) groups excluding carboxylic acids is 1. The Morgan fingerprint density at radius 2 is 1.59 bits per heavy atom. The van der Waals surface area contributed by atoms with Crippen molar-refractivity contribution in [2.75, 3.05) is 19.8 Å². The van der Waals surface area contributed by atoms with E-state index >= 15 is 0 Å². The zero-order chi connectivity index (χ0) is 27.8. The van der Waals surface area contributed by atoms with E-state index in [0.29, 0.717) is 24.5 Å². The maximum Gasteiger partial charge on any atom is 0.256 e. The van der Waals surface area contributed by atoms with E-state index in [1.165, 1.54) is 32.7 Å². The molecule has 2 aliphatic heterocycles. The standard InChI is InChI=1S/C36H32N2O3/c1-24-20-33-34(37-23-27-9-6-17-38(27)36(33)39)22-35(24)41-19-7-18-40-28-15-13-25(14-16-28)32-21-26-8-2-3-10-29(26)30-11-4-5-12-31(30)32/h2-5,8,10-16,20-23,27H,6-7,9,17-19H2,1H3/t27-/m0/s1. The van der Waals surface area contributed by atoms with Gasteiger partial charge in [0.25, 0.3) is 5.91 Å². The van der Waals surface area contributed by atoms with Gasteiger partial charge in [0.05, 0.1) is 30.5 Å². The van der Waals surface area contributed by atoms with E-state index in [-0.39, 0.29) is 11.9 Å². The molecule has 0 saturated carbocycles. The van der Waals surface area contributed by atoms with E-state index in [2.05, 4.69) is 71.7 Å². The average molecular weight is 541 g/mol. The van der Waals surface area contributed by atoms with Crippen LogP contribution in [0.3, 0.4) is 0 Å². The van der Waals surface area contributed by atoms with Crippen LogP contribution in [0.4, 0.5) is 5.69 Å². The van der Waals surface area contributed by atoms with Gasteiger partial charge < -0.3 is 14.4 Å². The molecule has 0 bridgehead atoms. The highest BCUT2D eigenvalue weighted by Gasteiger charge is 2.32.